The highest BCUT2D eigenvalue weighted by atomic mass is 16.2. The van der Waals surface area contributed by atoms with Gasteiger partial charge in [-0.15, -0.1) is 15.0 Å². The maximum Gasteiger partial charge on any atom is 0.296 e. The first kappa shape index (κ1) is 27.1. The first-order valence-electron chi connectivity index (χ1n) is 13.4. The Morgan fingerprint density at radius 2 is 1.93 bits per heavy atom. The number of nitrogens with one attached hydrogen (secondary N) is 1. The van der Waals surface area contributed by atoms with Crippen molar-refractivity contribution in [3.05, 3.63) is 66.0 Å². The van der Waals surface area contributed by atoms with Crippen molar-refractivity contribution in [1.29, 1.82) is 5.26 Å². The predicted octanol–water partition coefficient (Wildman–Crippen LogP) is 2.67. The molecule has 1 N–H and O–H groups in total. The van der Waals surface area contributed by atoms with Crippen LogP contribution in [0.15, 0.2) is 54.6 Å². The van der Waals surface area contributed by atoms with Gasteiger partial charge >= 0.3 is 0 Å². The normalized spacial score (nSPS) is 21.9. The lowest BCUT2D eigenvalue weighted by molar-refractivity contribution is -0.125. The van der Waals surface area contributed by atoms with E-state index in [1.54, 1.807) is 19.2 Å². The Balaban J connectivity index is 1.45. The van der Waals surface area contributed by atoms with E-state index in [9.17, 15) is 19.6 Å². The average Bonchev–Trinajstić information content (AvgIpc) is 3.46. The van der Waals surface area contributed by atoms with Gasteiger partial charge in [-0.3, -0.25) is 14.5 Å². The van der Waals surface area contributed by atoms with Crippen LogP contribution in [0.3, 0.4) is 0 Å². The third kappa shape index (κ3) is 4.98. The van der Waals surface area contributed by atoms with Crippen molar-refractivity contribution in [1.82, 2.24) is 30.0 Å². The molecule has 40 heavy (non-hydrogen) atoms. The summed E-state index contributed by atoms with van der Waals surface area (Å²) in [6, 6.07) is 18.5. The van der Waals surface area contributed by atoms with Crippen LogP contribution in [0.2, 0.25) is 0 Å². The topological polar surface area (TPSA) is 137 Å². The summed E-state index contributed by atoms with van der Waals surface area (Å²) in [5, 5.41) is 25.3. The number of aldehydes is 1. The van der Waals surface area contributed by atoms with Crippen LogP contribution in [-0.2, 0) is 9.59 Å². The Labute approximate surface area is 232 Å². The standard InChI is InChI=1S/C29H32N8O3/c1-19(2)14-29(18-38,35(3)28(40)26-32-34-37(33-26)20-9-5-4-6-10-20)17-36-16-24-22-11-7-8-12-25(22)31-27(39)23(24)13-21(36)15-30/h4-12,18-19,21,23-24H,13-14,16-17H2,1-3H3,(H,31,39)/t21-,23-,24+,29+/m0/s1. The molecule has 3 aromatic rings. The lowest BCUT2D eigenvalue weighted by Gasteiger charge is -2.48. The maximum atomic E-state index is 13.7. The zero-order valence-electron chi connectivity index (χ0n) is 22.8. The number of carbonyl (C=O) groups excluding carboxylic acids is 3. The Kier molecular flexibility index (Phi) is 7.45. The van der Waals surface area contributed by atoms with Gasteiger partial charge in [0.1, 0.15) is 11.8 Å². The molecule has 3 heterocycles. The zero-order chi connectivity index (χ0) is 28.4. The van der Waals surface area contributed by atoms with Crippen LogP contribution in [-0.4, -0.2) is 79.8 Å². The van der Waals surface area contributed by atoms with Crippen LogP contribution in [0.25, 0.3) is 5.69 Å². The van der Waals surface area contributed by atoms with Crippen LogP contribution < -0.4 is 5.32 Å². The molecule has 1 aromatic heterocycles. The molecule has 2 aliphatic rings. The minimum Gasteiger partial charge on any atom is -0.326 e. The number of fused-ring (bicyclic) bond motifs is 3. The molecule has 0 bridgehead atoms. The molecule has 0 saturated carbocycles. The Morgan fingerprint density at radius 1 is 1.20 bits per heavy atom. The van der Waals surface area contributed by atoms with E-state index in [1.807, 2.05) is 61.2 Å². The number of nitriles is 1. The fourth-order valence-electron chi connectivity index (χ4n) is 5.99. The number of likely N-dealkylation sites (N-methyl/N-ethyl adjacent to an activating group) is 1. The fraction of sp³-hybridized carbons (Fsp3) is 0.414. The monoisotopic (exact) mass is 540 g/mol. The molecule has 0 unspecified atom stereocenters. The molecule has 11 nitrogen and oxygen atoms in total. The minimum absolute atomic E-state index is 0.0627. The molecule has 0 radical (unpaired) electrons. The van der Waals surface area contributed by atoms with Gasteiger partial charge < -0.3 is 15.0 Å². The second-order valence-corrected chi connectivity index (χ2v) is 11.0. The van der Waals surface area contributed by atoms with Gasteiger partial charge in [0.05, 0.1) is 17.8 Å². The quantitative estimate of drug-likeness (QED) is 0.431. The smallest absolute Gasteiger partial charge is 0.296 e. The van der Waals surface area contributed by atoms with E-state index in [0.717, 1.165) is 17.5 Å². The lowest BCUT2D eigenvalue weighted by atomic mass is 9.74. The largest absolute Gasteiger partial charge is 0.326 e. The number of piperidine rings is 1. The van der Waals surface area contributed by atoms with Gasteiger partial charge in [-0.05, 0) is 47.7 Å². The number of anilines is 1. The van der Waals surface area contributed by atoms with E-state index in [2.05, 4.69) is 26.8 Å². The average molecular weight is 541 g/mol. The molecule has 0 aliphatic carbocycles. The molecular weight excluding hydrogens is 508 g/mol. The lowest BCUT2D eigenvalue weighted by Crippen LogP contribution is -2.62. The van der Waals surface area contributed by atoms with Gasteiger partial charge in [0.25, 0.3) is 11.7 Å². The molecular formula is C29H32N8O3. The van der Waals surface area contributed by atoms with Gasteiger partial charge in [0.2, 0.25) is 5.91 Å². The van der Waals surface area contributed by atoms with E-state index in [4.69, 9.17) is 0 Å². The number of para-hydroxylation sites is 2. The number of carbonyl (C=O) groups is 3. The summed E-state index contributed by atoms with van der Waals surface area (Å²) in [5.74, 6) is -1.18. The van der Waals surface area contributed by atoms with Crippen molar-refractivity contribution in [2.75, 3.05) is 25.5 Å². The zero-order valence-corrected chi connectivity index (χ0v) is 22.8. The first-order chi connectivity index (χ1) is 19.3. The fourth-order valence-corrected chi connectivity index (χ4v) is 5.99. The second-order valence-electron chi connectivity index (χ2n) is 11.0. The summed E-state index contributed by atoms with van der Waals surface area (Å²) in [6.45, 7) is 4.51. The van der Waals surface area contributed by atoms with E-state index < -0.39 is 17.5 Å². The number of nitrogens with zero attached hydrogens (tertiary/aromatic N) is 7. The summed E-state index contributed by atoms with van der Waals surface area (Å²) >= 11 is 0. The van der Waals surface area contributed by atoms with Gasteiger partial charge in [-0.1, -0.05) is 50.2 Å². The number of aromatic nitrogens is 4. The summed E-state index contributed by atoms with van der Waals surface area (Å²) in [7, 11) is 1.57. The van der Waals surface area contributed by atoms with E-state index in [-0.39, 0.29) is 36.0 Å². The van der Waals surface area contributed by atoms with E-state index >= 15 is 0 Å². The highest BCUT2D eigenvalue weighted by Gasteiger charge is 2.48. The molecule has 2 aliphatic heterocycles. The Bertz CT molecular complexity index is 1450. The third-order valence-electron chi connectivity index (χ3n) is 7.96. The molecule has 11 heteroatoms. The molecule has 2 aromatic carbocycles. The highest BCUT2D eigenvalue weighted by molar-refractivity contribution is 5.97. The van der Waals surface area contributed by atoms with Crippen molar-refractivity contribution in [2.24, 2.45) is 11.8 Å². The van der Waals surface area contributed by atoms with E-state index in [0.29, 0.717) is 25.1 Å². The molecule has 1 saturated heterocycles. The number of amides is 2. The van der Waals surface area contributed by atoms with Crippen molar-refractivity contribution in [3.63, 3.8) is 0 Å². The minimum atomic E-state index is -1.26. The Morgan fingerprint density at radius 3 is 2.62 bits per heavy atom. The van der Waals surface area contributed by atoms with Crippen LogP contribution in [0.5, 0.6) is 0 Å². The summed E-state index contributed by atoms with van der Waals surface area (Å²) in [4.78, 5) is 44.1. The van der Waals surface area contributed by atoms with Gasteiger partial charge in [0.15, 0.2) is 0 Å². The maximum absolute atomic E-state index is 13.7. The molecule has 5 rings (SSSR count). The van der Waals surface area contributed by atoms with Crippen molar-refractivity contribution in [2.45, 2.75) is 44.2 Å². The molecule has 206 valence electrons. The number of benzene rings is 2. The molecule has 2 amide bonds. The number of hydrogen-bond acceptors (Lipinski definition) is 8. The van der Waals surface area contributed by atoms with Crippen LogP contribution in [0.4, 0.5) is 5.69 Å². The van der Waals surface area contributed by atoms with Crippen molar-refractivity contribution < 1.29 is 14.4 Å². The van der Waals surface area contributed by atoms with Crippen molar-refractivity contribution >= 4 is 23.8 Å². The van der Waals surface area contributed by atoms with Crippen molar-refractivity contribution in [3.8, 4) is 11.8 Å². The van der Waals surface area contributed by atoms with Gasteiger partial charge in [-0.25, -0.2) is 0 Å². The molecule has 4 atom stereocenters. The van der Waals surface area contributed by atoms with Gasteiger partial charge in [0, 0.05) is 37.7 Å². The van der Waals surface area contributed by atoms with Crippen LogP contribution >= 0.6 is 0 Å². The summed E-state index contributed by atoms with van der Waals surface area (Å²) < 4.78 is 0. The molecule has 1 fully saturated rings. The molecule has 0 spiro atoms. The van der Waals surface area contributed by atoms with E-state index in [1.165, 1.54) is 9.70 Å². The number of tetrazole rings is 1. The van der Waals surface area contributed by atoms with Crippen LogP contribution in [0, 0.1) is 23.2 Å². The first-order valence-corrected chi connectivity index (χ1v) is 13.4. The number of rotatable bonds is 8. The van der Waals surface area contributed by atoms with Crippen LogP contribution in [0.1, 0.15) is 48.8 Å². The summed E-state index contributed by atoms with van der Waals surface area (Å²) in [5.41, 5.74) is 1.17. The Hall–Kier alpha value is -4.43. The number of likely N-dealkylation sites (tertiary alicyclic amines) is 1. The SMILES string of the molecule is CC(C)C[C@](C=O)(CN1C[C@@H]2c3ccccc3NC(=O)[C@H]2C[C@H]1C#N)N(C)C(=O)c1nnn(-c2ccccc2)n1. The predicted molar refractivity (Wildman–Crippen MR) is 146 cm³/mol. The second kappa shape index (κ2) is 11.0. The highest BCUT2D eigenvalue weighted by Crippen LogP contribution is 2.43. The third-order valence-corrected chi connectivity index (χ3v) is 7.96. The number of hydrogen-bond donors (Lipinski definition) is 1. The van der Waals surface area contributed by atoms with Gasteiger partial charge in [-0.2, -0.15) is 5.26 Å². The summed E-state index contributed by atoms with van der Waals surface area (Å²) in [6.07, 6.45) is 1.50.